The normalized spacial score (nSPS) is 23.2. The van der Waals surface area contributed by atoms with Gasteiger partial charge in [0.25, 0.3) is 0 Å². The van der Waals surface area contributed by atoms with Crippen LogP contribution < -0.4 is 15.5 Å². The maximum atomic E-state index is 11.0. The molecule has 4 atom stereocenters. The molecule has 0 bridgehead atoms. The zero-order valence-corrected chi connectivity index (χ0v) is 25.8. The second-order valence-corrected chi connectivity index (χ2v) is 13.4. The Kier molecular flexibility index (Phi) is 8.20. The number of anilines is 3. The predicted octanol–water partition coefficient (Wildman–Crippen LogP) is 3.78. The van der Waals surface area contributed by atoms with Crippen LogP contribution in [-0.2, 0) is 0 Å². The number of aliphatic hydroxyl groups excluding tert-OH is 2. The Morgan fingerprint density at radius 1 is 0.977 bits per heavy atom. The van der Waals surface area contributed by atoms with E-state index in [-0.39, 0.29) is 0 Å². The second kappa shape index (κ2) is 11.9. The third-order valence-electron chi connectivity index (χ3n) is 8.84. The summed E-state index contributed by atoms with van der Waals surface area (Å²) in [6.45, 7) is 9.85. The van der Waals surface area contributed by atoms with E-state index in [9.17, 15) is 15.3 Å². The molecule has 1 aliphatic carbocycles. The topological polar surface area (TPSA) is 152 Å². The van der Waals surface area contributed by atoms with Crippen LogP contribution in [-0.4, -0.2) is 83.7 Å². The number of fused-ring (bicyclic) bond motifs is 1. The molecule has 2 fully saturated rings. The van der Waals surface area contributed by atoms with Crippen LogP contribution in [0.3, 0.4) is 0 Å². The number of pyridine rings is 2. The first-order chi connectivity index (χ1) is 20.6. The molecule has 11 nitrogen and oxygen atoms in total. The summed E-state index contributed by atoms with van der Waals surface area (Å²) < 4.78 is 1.02. The first kappa shape index (κ1) is 29.6. The Morgan fingerprint density at radius 2 is 1.77 bits per heavy atom. The van der Waals surface area contributed by atoms with Crippen molar-refractivity contribution >= 4 is 39.1 Å². The number of thiazole rings is 1. The van der Waals surface area contributed by atoms with Gasteiger partial charge in [-0.2, -0.15) is 4.98 Å². The van der Waals surface area contributed by atoms with Crippen molar-refractivity contribution in [1.82, 2.24) is 24.9 Å². The van der Waals surface area contributed by atoms with Crippen LogP contribution in [0.25, 0.3) is 20.8 Å². The predicted molar refractivity (Wildman–Crippen MR) is 169 cm³/mol. The number of rotatable bonds is 8. The number of nitrogens with zero attached hydrogens (tertiary/aromatic N) is 6. The molecule has 2 aliphatic rings. The minimum atomic E-state index is -1.14. The van der Waals surface area contributed by atoms with Crippen molar-refractivity contribution in [3.05, 3.63) is 48.0 Å². The summed E-state index contributed by atoms with van der Waals surface area (Å²) in [4.78, 5) is 25.8. The molecule has 12 heteroatoms. The summed E-state index contributed by atoms with van der Waals surface area (Å²) in [5, 5.41) is 40.0. The van der Waals surface area contributed by atoms with Crippen molar-refractivity contribution in [2.45, 2.75) is 70.8 Å². The van der Waals surface area contributed by atoms with E-state index in [1.54, 1.807) is 31.4 Å². The van der Waals surface area contributed by atoms with Gasteiger partial charge >= 0.3 is 0 Å². The second-order valence-electron chi connectivity index (χ2n) is 12.3. The van der Waals surface area contributed by atoms with E-state index in [0.717, 1.165) is 70.5 Å². The molecular formula is C31H40N8O3S. The van der Waals surface area contributed by atoms with E-state index in [1.807, 2.05) is 38.2 Å². The van der Waals surface area contributed by atoms with E-state index in [0.29, 0.717) is 24.1 Å². The van der Waals surface area contributed by atoms with Gasteiger partial charge in [0, 0.05) is 37.9 Å². The Balaban J connectivity index is 1.25. The van der Waals surface area contributed by atoms with Crippen LogP contribution in [0.5, 0.6) is 0 Å². The number of aliphatic hydroxyl groups is 3. The van der Waals surface area contributed by atoms with Crippen LogP contribution in [0.2, 0.25) is 0 Å². The van der Waals surface area contributed by atoms with Gasteiger partial charge in [0.15, 0.2) is 0 Å². The summed E-state index contributed by atoms with van der Waals surface area (Å²) >= 11 is 1.54. The number of aromatic nitrogens is 5. The fourth-order valence-electron chi connectivity index (χ4n) is 6.30. The van der Waals surface area contributed by atoms with Crippen LogP contribution in [0.15, 0.2) is 36.7 Å². The van der Waals surface area contributed by atoms with Gasteiger partial charge < -0.3 is 30.9 Å². The van der Waals surface area contributed by atoms with Crippen molar-refractivity contribution in [2.24, 2.45) is 11.8 Å². The molecule has 0 aromatic carbocycles. The van der Waals surface area contributed by atoms with Gasteiger partial charge in [-0.15, -0.1) is 11.3 Å². The third kappa shape index (κ3) is 6.14. The van der Waals surface area contributed by atoms with Gasteiger partial charge in [0.05, 0.1) is 39.4 Å². The van der Waals surface area contributed by atoms with Gasteiger partial charge in [-0.25, -0.2) is 15.0 Å². The van der Waals surface area contributed by atoms with E-state index in [1.165, 1.54) is 0 Å². The van der Waals surface area contributed by atoms with Gasteiger partial charge in [-0.05, 0) is 71.1 Å². The smallest absolute Gasteiger partial charge is 0.224 e. The number of nitrogens with one attached hydrogen (secondary N) is 2. The molecule has 5 heterocycles. The molecular weight excluding hydrogens is 564 g/mol. The highest BCUT2D eigenvalue weighted by Gasteiger charge is 2.48. The van der Waals surface area contributed by atoms with Gasteiger partial charge in [0.1, 0.15) is 28.3 Å². The van der Waals surface area contributed by atoms with Crippen LogP contribution >= 0.6 is 11.3 Å². The van der Waals surface area contributed by atoms with Gasteiger partial charge in [0.2, 0.25) is 5.95 Å². The Hall–Kier alpha value is -3.45. The van der Waals surface area contributed by atoms with Crippen molar-refractivity contribution < 1.29 is 15.3 Å². The maximum absolute atomic E-state index is 11.0. The standard InChI is InChI=1S/C31H40N8O3S/c1-17-24(29-37-25-18(2)32-12-8-22(25)43-29)28(36-21-15-20(31(3,4)42)26(40)27(21)41)38-30(35-17)34-16-19-9-13-39(14-10-19)23-7-5-6-11-33-23/h5-8,11-12,19-21,26-27,40-42H,9-10,13-16H2,1-4H3,(H2,34,35,36,38)/t20-,21+,26+,27-/m0/s1. The van der Waals surface area contributed by atoms with E-state index < -0.39 is 29.8 Å². The average Bonchev–Trinajstić information content (AvgIpc) is 3.54. The van der Waals surface area contributed by atoms with Gasteiger partial charge in [-0.1, -0.05) is 6.07 Å². The van der Waals surface area contributed by atoms with Gasteiger partial charge in [-0.3, -0.25) is 4.98 Å². The third-order valence-corrected chi connectivity index (χ3v) is 9.88. The zero-order valence-electron chi connectivity index (χ0n) is 25.0. The van der Waals surface area contributed by atoms with E-state index in [2.05, 4.69) is 31.6 Å². The first-order valence-electron chi connectivity index (χ1n) is 14.9. The lowest BCUT2D eigenvalue weighted by atomic mass is 9.88. The Labute approximate surface area is 255 Å². The lowest BCUT2D eigenvalue weighted by Crippen LogP contribution is -2.40. The summed E-state index contributed by atoms with van der Waals surface area (Å²) in [7, 11) is 0. The van der Waals surface area contributed by atoms with Crippen molar-refractivity contribution in [2.75, 3.05) is 35.2 Å². The summed E-state index contributed by atoms with van der Waals surface area (Å²) in [5.74, 6) is 2.04. The molecule has 228 valence electrons. The molecule has 6 rings (SSSR count). The summed E-state index contributed by atoms with van der Waals surface area (Å²) in [6, 6.07) is 7.45. The monoisotopic (exact) mass is 604 g/mol. The summed E-state index contributed by atoms with van der Waals surface area (Å²) in [6.07, 6.45) is 3.94. The highest BCUT2D eigenvalue weighted by Crippen LogP contribution is 2.40. The minimum absolute atomic E-state index is 0.384. The molecule has 1 aliphatic heterocycles. The molecule has 0 spiro atoms. The molecule has 4 aromatic rings. The van der Waals surface area contributed by atoms with Crippen molar-refractivity contribution in [3.8, 4) is 10.6 Å². The van der Waals surface area contributed by atoms with Crippen molar-refractivity contribution in [3.63, 3.8) is 0 Å². The van der Waals surface area contributed by atoms with Crippen molar-refractivity contribution in [1.29, 1.82) is 0 Å². The molecule has 1 saturated heterocycles. The fraction of sp³-hybridized carbons (Fsp3) is 0.516. The molecule has 0 radical (unpaired) electrons. The van der Waals surface area contributed by atoms with Crippen LogP contribution in [0, 0.1) is 25.7 Å². The molecule has 4 aromatic heterocycles. The molecule has 5 N–H and O–H groups in total. The quantitative estimate of drug-likeness (QED) is 0.200. The lowest BCUT2D eigenvalue weighted by molar-refractivity contribution is -0.0601. The minimum Gasteiger partial charge on any atom is -0.390 e. The average molecular weight is 605 g/mol. The molecule has 0 unspecified atom stereocenters. The molecule has 1 saturated carbocycles. The van der Waals surface area contributed by atoms with E-state index >= 15 is 0 Å². The fourth-order valence-corrected chi connectivity index (χ4v) is 7.41. The highest BCUT2D eigenvalue weighted by atomic mass is 32.1. The Morgan fingerprint density at radius 3 is 2.44 bits per heavy atom. The number of aryl methyl sites for hydroxylation is 2. The molecule has 0 amide bonds. The van der Waals surface area contributed by atoms with E-state index in [4.69, 9.17) is 15.0 Å². The number of hydrogen-bond donors (Lipinski definition) is 5. The number of piperidine rings is 1. The SMILES string of the molecule is Cc1nc(NCC2CCN(c3ccccn3)CC2)nc(N[C@@H]2C[C@H](C(C)(C)O)[C@@H](O)[C@H]2O)c1-c1nc2c(C)nccc2s1. The summed E-state index contributed by atoms with van der Waals surface area (Å²) in [5.41, 5.74) is 2.05. The first-order valence-corrected chi connectivity index (χ1v) is 15.8. The highest BCUT2D eigenvalue weighted by molar-refractivity contribution is 7.21. The lowest BCUT2D eigenvalue weighted by Gasteiger charge is -2.32. The Bertz CT molecular complexity index is 1570. The molecule has 43 heavy (non-hydrogen) atoms. The van der Waals surface area contributed by atoms with Crippen LogP contribution in [0.1, 0.15) is 44.5 Å². The largest absolute Gasteiger partial charge is 0.390 e. The van der Waals surface area contributed by atoms with Crippen LogP contribution in [0.4, 0.5) is 17.6 Å². The number of hydrogen-bond acceptors (Lipinski definition) is 12. The maximum Gasteiger partial charge on any atom is 0.224 e. The zero-order chi connectivity index (χ0) is 30.3.